The molecule has 0 fully saturated rings. The van der Waals surface area contributed by atoms with Crippen LogP contribution in [0.2, 0.25) is 4.34 Å². The van der Waals surface area contributed by atoms with Gasteiger partial charge in [-0.3, -0.25) is 9.59 Å². The van der Waals surface area contributed by atoms with Crippen LogP contribution in [0.4, 0.5) is 0 Å². The summed E-state index contributed by atoms with van der Waals surface area (Å²) >= 11 is 7.26. The molecule has 0 saturated carbocycles. The number of hydrogen-bond acceptors (Lipinski definition) is 3. The first kappa shape index (κ1) is 14.0. The predicted molar refractivity (Wildman–Crippen MR) is 67.5 cm³/mol. The van der Waals surface area contributed by atoms with E-state index < -0.39 is 5.97 Å². The zero-order valence-corrected chi connectivity index (χ0v) is 11.0. The molecule has 6 heteroatoms. The quantitative estimate of drug-likeness (QED) is 0.837. The molecule has 1 aromatic heterocycles. The lowest BCUT2D eigenvalue weighted by molar-refractivity contribution is -0.137. The average molecular weight is 276 g/mol. The second-order valence-electron chi connectivity index (χ2n) is 3.74. The minimum Gasteiger partial charge on any atom is -0.481 e. The van der Waals surface area contributed by atoms with Crippen LogP contribution in [0.15, 0.2) is 12.1 Å². The summed E-state index contributed by atoms with van der Waals surface area (Å²) in [6.45, 7) is 1.43. The number of hydrogen-bond donors (Lipinski definition) is 2. The summed E-state index contributed by atoms with van der Waals surface area (Å²) in [4.78, 5) is 22.6. The summed E-state index contributed by atoms with van der Waals surface area (Å²) in [5, 5.41) is 11.4. The van der Waals surface area contributed by atoms with Crippen LogP contribution in [-0.2, 0) is 16.0 Å². The van der Waals surface area contributed by atoms with Gasteiger partial charge in [0.2, 0.25) is 5.91 Å². The van der Waals surface area contributed by atoms with E-state index in [1.54, 1.807) is 6.07 Å². The first-order chi connectivity index (χ1) is 7.97. The minimum absolute atomic E-state index is 0.0457. The Balaban J connectivity index is 2.56. The molecule has 0 spiro atoms. The van der Waals surface area contributed by atoms with Gasteiger partial charge in [-0.25, -0.2) is 0 Å². The SMILES string of the molecule is CC(=O)NC(CCC(=O)O)Cc1ccc(Cl)s1. The second-order valence-corrected chi connectivity index (χ2v) is 5.54. The van der Waals surface area contributed by atoms with Crippen molar-refractivity contribution in [3.05, 3.63) is 21.3 Å². The van der Waals surface area contributed by atoms with Gasteiger partial charge in [-0.2, -0.15) is 0 Å². The number of amides is 1. The molecule has 1 heterocycles. The summed E-state index contributed by atoms with van der Waals surface area (Å²) in [6.07, 6.45) is 1.08. The Hall–Kier alpha value is -1.07. The number of carboxylic acid groups (broad SMARTS) is 1. The summed E-state index contributed by atoms with van der Waals surface area (Å²) in [7, 11) is 0. The number of aliphatic carboxylic acids is 1. The van der Waals surface area contributed by atoms with Gasteiger partial charge in [0.05, 0.1) is 4.34 Å². The third kappa shape index (κ3) is 5.70. The van der Waals surface area contributed by atoms with Crippen molar-refractivity contribution in [3.8, 4) is 0 Å². The molecular weight excluding hydrogens is 262 g/mol. The van der Waals surface area contributed by atoms with E-state index in [9.17, 15) is 9.59 Å². The number of carbonyl (C=O) groups is 2. The Morgan fingerprint density at radius 2 is 2.24 bits per heavy atom. The van der Waals surface area contributed by atoms with Crippen molar-refractivity contribution in [2.45, 2.75) is 32.2 Å². The van der Waals surface area contributed by atoms with Crippen LogP contribution in [0.5, 0.6) is 0 Å². The molecule has 0 radical (unpaired) electrons. The maximum Gasteiger partial charge on any atom is 0.303 e. The highest BCUT2D eigenvalue weighted by Gasteiger charge is 2.13. The Kier molecular flexibility index (Phi) is 5.44. The molecule has 1 aromatic rings. The fraction of sp³-hybridized carbons (Fsp3) is 0.455. The summed E-state index contributed by atoms with van der Waals surface area (Å²) in [6, 6.07) is 3.53. The van der Waals surface area contributed by atoms with E-state index in [1.165, 1.54) is 18.3 Å². The third-order valence-corrected chi connectivity index (χ3v) is 3.44. The highest BCUT2D eigenvalue weighted by molar-refractivity contribution is 7.16. The average Bonchev–Trinajstić information content (AvgIpc) is 2.59. The van der Waals surface area contributed by atoms with Crippen molar-refractivity contribution in [2.75, 3.05) is 0 Å². The maximum atomic E-state index is 11.0. The monoisotopic (exact) mass is 275 g/mol. The standard InChI is InChI=1S/C11H14ClNO3S/c1-7(14)13-8(2-5-11(15)16)6-9-3-4-10(12)17-9/h3-4,8H,2,5-6H2,1H3,(H,13,14)(H,15,16). The van der Waals surface area contributed by atoms with Crippen LogP contribution in [0.3, 0.4) is 0 Å². The molecule has 4 nitrogen and oxygen atoms in total. The zero-order chi connectivity index (χ0) is 12.8. The summed E-state index contributed by atoms with van der Waals surface area (Å²) < 4.78 is 0.694. The number of carbonyl (C=O) groups excluding carboxylic acids is 1. The van der Waals surface area contributed by atoms with Gasteiger partial charge in [-0.1, -0.05) is 11.6 Å². The molecule has 0 aliphatic heterocycles. The number of halogens is 1. The lowest BCUT2D eigenvalue weighted by Crippen LogP contribution is -2.35. The second kappa shape index (κ2) is 6.61. The van der Waals surface area contributed by atoms with Crippen molar-refractivity contribution in [1.82, 2.24) is 5.32 Å². The fourth-order valence-corrected chi connectivity index (χ4v) is 2.68. The van der Waals surface area contributed by atoms with E-state index in [1.807, 2.05) is 6.07 Å². The van der Waals surface area contributed by atoms with E-state index in [0.717, 1.165) is 4.88 Å². The van der Waals surface area contributed by atoms with Crippen molar-refractivity contribution < 1.29 is 14.7 Å². The third-order valence-electron chi connectivity index (χ3n) is 2.19. The fourth-order valence-electron chi connectivity index (χ4n) is 1.51. The van der Waals surface area contributed by atoms with Gasteiger partial charge in [0.15, 0.2) is 0 Å². The van der Waals surface area contributed by atoms with E-state index in [0.29, 0.717) is 17.2 Å². The molecule has 0 saturated heterocycles. The molecule has 1 amide bonds. The first-order valence-corrected chi connectivity index (χ1v) is 6.40. The van der Waals surface area contributed by atoms with Crippen molar-refractivity contribution in [1.29, 1.82) is 0 Å². The predicted octanol–water partition coefficient (Wildman–Crippen LogP) is 2.31. The Morgan fingerprint density at radius 1 is 1.53 bits per heavy atom. The minimum atomic E-state index is -0.857. The first-order valence-electron chi connectivity index (χ1n) is 5.20. The molecule has 2 N–H and O–H groups in total. The molecule has 17 heavy (non-hydrogen) atoms. The molecular formula is C11H14ClNO3S. The smallest absolute Gasteiger partial charge is 0.303 e. The lowest BCUT2D eigenvalue weighted by Gasteiger charge is -2.15. The number of nitrogens with one attached hydrogen (secondary N) is 1. The van der Waals surface area contributed by atoms with Crippen molar-refractivity contribution >= 4 is 34.8 Å². The maximum absolute atomic E-state index is 11.0. The molecule has 1 unspecified atom stereocenters. The Bertz CT molecular complexity index is 405. The largest absolute Gasteiger partial charge is 0.481 e. The lowest BCUT2D eigenvalue weighted by atomic mass is 10.1. The Morgan fingerprint density at radius 3 is 2.71 bits per heavy atom. The van der Waals surface area contributed by atoms with Crippen LogP contribution >= 0.6 is 22.9 Å². The molecule has 0 aliphatic rings. The van der Waals surface area contributed by atoms with Crippen LogP contribution in [-0.4, -0.2) is 23.0 Å². The van der Waals surface area contributed by atoms with Gasteiger partial charge < -0.3 is 10.4 Å². The van der Waals surface area contributed by atoms with Gasteiger partial charge >= 0.3 is 5.97 Å². The number of carboxylic acids is 1. The molecule has 0 aliphatic carbocycles. The highest BCUT2D eigenvalue weighted by Crippen LogP contribution is 2.23. The van der Waals surface area contributed by atoms with Crippen LogP contribution in [0, 0.1) is 0 Å². The molecule has 1 atom stereocenters. The Labute approximate surface area is 109 Å². The summed E-state index contributed by atoms with van der Waals surface area (Å²) in [5.41, 5.74) is 0. The molecule has 0 bridgehead atoms. The van der Waals surface area contributed by atoms with Crippen molar-refractivity contribution in [3.63, 3.8) is 0 Å². The van der Waals surface area contributed by atoms with Gasteiger partial charge in [0, 0.05) is 30.7 Å². The molecule has 0 aromatic carbocycles. The number of rotatable bonds is 6. The van der Waals surface area contributed by atoms with Crippen LogP contribution < -0.4 is 5.32 Å². The van der Waals surface area contributed by atoms with Gasteiger partial charge in [0.1, 0.15) is 0 Å². The van der Waals surface area contributed by atoms with E-state index in [2.05, 4.69) is 5.32 Å². The van der Waals surface area contributed by atoms with Crippen molar-refractivity contribution in [2.24, 2.45) is 0 Å². The summed E-state index contributed by atoms with van der Waals surface area (Å²) in [5.74, 6) is -1.01. The van der Waals surface area contributed by atoms with Gasteiger partial charge in [-0.15, -0.1) is 11.3 Å². The highest BCUT2D eigenvalue weighted by atomic mass is 35.5. The topological polar surface area (TPSA) is 66.4 Å². The van der Waals surface area contributed by atoms with Gasteiger partial charge in [-0.05, 0) is 18.6 Å². The zero-order valence-electron chi connectivity index (χ0n) is 9.40. The van der Waals surface area contributed by atoms with E-state index in [-0.39, 0.29) is 18.4 Å². The van der Waals surface area contributed by atoms with E-state index in [4.69, 9.17) is 16.7 Å². The van der Waals surface area contributed by atoms with Gasteiger partial charge in [0.25, 0.3) is 0 Å². The van der Waals surface area contributed by atoms with E-state index >= 15 is 0 Å². The number of thiophene rings is 1. The van der Waals surface area contributed by atoms with Crippen LogP contribution in [0.25, 0.3) is 0 Å². The van der Waals surface area contributed by atoms with Crippen LogP contribution in [0.1, 0.15) is 24.6 Å². The molecule has 94 valence electrons. The normalized spacial score (nSPS) is 12.1. The molecule has 1 rings (SSSR count).